The van der Waals surface area contributed by atoms with Gasteiger partial charge in [0.2, 0.25) is 5.91 Å². The van der Waals surface area contributed by atoms with E-state index < -0.39 is 0 Å². The molecule has 0 unspecified atom stereocenters. The van der Waals surface area contributed by atoms with Gasteiger partial charge in [-0.05, 0) is 29.3 Å². The molecular formula is C16H18N4O2. The first-order chi connectivity index (χ1) is 10.6. The van der Waals surface area contributed by atoms with E-state index in [1.54, 1.807) is 24.5 Å². The maximum atomic E-state index is 11.8. The zero-order chi connectivity index (χ0) is 15.8. The Bertz CT molecular complexity index is 626. The summed E-state index contributed by atoms with van der Waals surface area (Å²) in [5, 5.41) is 8.22. The summed E-state index contributed by atoms with van der Waals surface area (Å²) < 4.78 is 0. The number of anilines is 1. The van der Waals surface area contributed by atoms with Crippen molar-refractivity contribution in [2.45, 2.75) is 20.0 Å². The van der Waals surface area contributed by atoms with Gasteiger partial charge in [0.15, 0.2) is 0 Å². The molecule has 1 heterocycles. The van der Waals surface area contributed by atoms with Crippen LogP contribution in [0.2, 0.25) is 0 Å². The fraction of sp³-hybridized carbons (Fsp3) is 0.188. The van der Waals surface area contributed by atoms with Crippen LogP contribution in [-0.2, 0) is 17.9 Å². The molecule has 3 amide bonds. The molecule has 22 heavy (non-hydrogen) atoms. The van der Waals surface area contributed by atoms with E-state index in [2.05, 4.69) is 20.9 Å². The highest BCUT2D eigenvalue weighted by Gasteiger charge is 2.02. The lowest BCUT2D eigenvalue weighted by atomic mass is 10.2. The number of benzene rings is 1. The maximum absolute atomic E-state index is 11.8. The Kier molecular flexibility index (Phi) is 5.48. The van der Waals surface area contributed by atoms with E-state index in [0.29, 0.717) is 18.8 Å². The highest BCUT2D eigenvalue weighted by molar-refractivity contribution is 5.89. The average molecular weight is 298 g/mol. The molecule has 3 N–H and O–H groups in total. The number of carbonyl (C=O) groups excluding carboxylic acids is 2. The molecule has 6 heteroatoms. The molecule has 0 bridgehead atoms. The Morgan fingerprint density at radius 2 is 1.73 bits per heavy atom. The molecule has 0 fully saturated rings. The molecule has 0 saturated heterocycles. The van der Waals surface area contributed by atoms with Crippen molar-refractivity contribution in [3.05, 3.63) is 59.9 Å². The van der Waals surface area contributed by atoms with Crippen LogP contribution >= 0.6 is 0 Å². The molecule has 0 saturated carbocycles. The van der Waals surface area contributed by atoms with Crippen LogP contribution in [0.25, 0.3) is 0 Å². The summed E-state index contributed by atoms with van der Waals surface area (Å²) in [6, 6.07) is 10.7. The summed E-state index contributed by atoms with van der Waals surface area (Å²) in [6.45, 7) is 2.37. The van der Waals surface area contributed by atoms with Crippen LogP contribution in [0.15, 0.2) is 48.8 Å². The fourth-order valence-corrected chi connectivity index (χ4v) is 1.79. The highest BCUT2D eigenvalue weighted by atomic mass is 16.2. The van der Waals surface area contributed by atoms with Gasteiger partial charge in [-0.2, -0.15) is 0 Å². The van der Waals surface area contributed by atoms with Gasteiger partial charge < -0.3 is 16.0 Å². The Morgan fingerprint density at radius 3 is 2.36 bits per heavy atom. The third-order valence-electron chi connectivity index (χ3n) is 2.93. The van der Waals surface area contributed by atoms with E-state index in [9.17, 15) is 9.59 Å². The monoisotopic (exact) mass is 298 g/mol. The highest BCUT2D eigenvalue weighted by Crippen LogP contribution is 2.09. The molecule has 0 spiro atoms. The first kappa shape index (κ1) is 15.5. The zero-order valence-electron chi connectivity index (χ0n) is 12.3. The van der Waals surface area contributed by atoms with E-state index in [1.807, 2.05) is 24.3 Å². The topological polar surface area (TPSA) is 83.1 Å². The average Bonchev–Trinajstić information content (AvgIpc) is 2.53. The van der Waals surface area contributed by atoms with Gasteiger partial charge in [-0.25, -0.2) is 4.79 Å². The van der Waals surface area contributed by atoms with E-state index in [-0.39, 0.29) is 11.9 Å². The van der Waals surface area contributed by atoms with E-state index in [0.717, 1.165) is 11.1 Å². The second kappa shape index (κ2) is 7.78. The maximum Gasteiger partial charge on any atom is 0.319 e. The predicted octanol–water partition coefficient (Wildman–Crippen LogP) is 2.04. The number of urea groups is 1. The standard InChI is InChI=1S/C16H18N4O2/c1-12(21)18-10-13-4-6-15(7-5-13)20-16(22)19-11-14-3-2-8-17-9-14/h2-9H,10-11H2,1H3,(H,18,21)(H2,19,20,22). The number of aromatic nitrogens is 1. The molecule has 0 atom stereocenters. The van der Waals surface area contributed by atoms with Gasteiger partial charge in [0, 0.05) is 38.1 Å². The van der Waals surface area contributed by atoms with Crippen molar-refractivity contribution in [3.8, 4) is 0 Å². The Labute approximate surface area is 129 Å². The van der Waals surface area contributed by atoms with Crippen molar-refractivity contribution in [1.29, 1.82) is 0 Å². The fourth-order valence-electron chi connectivity index (χ4n) is 1.79. The van der Waals surface area contributed by atoms with Gasteiger partial charge in [0.25, 0.3) is 0 Å². The van der Waals surface area contributed by atoms with Crippen molar-refractivity contribution >= 4 is 17.6 Å². The molecule has 6 nitrogen and oxygen atoms in total. The number of nitrogens with one attached hydrogen (secondary N) is 3. The zero-order valence-corrected chi connectivity index (χ0v) is 12.3. The van der Waals surface area contributed by atoms with Crippen LogP contribution in [0.3, 0.4) is 0 Å². The second-order valence-electron chi connectivity index (χ2n) is 4.78. The third kappa shape index (κ3) is 5.24. The lowest BCUT2D eigenvalue weighted by Gasteiger charge is -2.08. The van der Waals surface area contributed by atoms with Crippen LogP contribution in [0, 0.1) is 0 Å². The van der Waals surface area contributed by atoms with E-state index in [1.165, 1.54) is 6.92 Å². The number of hydrogen-bond acceptors (Lipinski definition) is 3. The lowest BCUT2D eigenvalue weighted by molar-refractivity contribution is -0.119. The van der Waals surface area contributed by atoms with Crippen LogP contribution in [0.5, 0.6) is 0 Å². The molecule has 2 aromatic rings. The summed E-state index contributed by atoms with van der Waals surface area (Å²) in [6.07, 6.45) is 3.39. The number of nitrogens with zero attached hydrogens (tertiary/aromatic N) is 1. The van der Waals surface area contributed by atoms with E-state index >= 15 is 0 Å². The van der Waals surface area contributed by atoms with Gasteiger partial charge >= 0.3 is 6.03 Å². The molecule has 1 aromatic heterocycles. The van der Waals surface area contributed by atoms with Crippen molar-refractivity contribution in [3.63, 3.8) is 0 Å². The second-order valence-corrected chi connectivity index (χ2v) is 4.78. The third-order valence-corrected chi connectivity index (χ3v) is 2.93. The number of hydrogen-bond donors (Lipinski definition) is 3. The lowest BCUT2D eigenvalue weighted by Crippen LogP contribution is -2.28. The van der Waals surface area contributed by atoms with Crippen LogP contribution < -0.4 is 16.0 Å². The van der Waals surface area contributed by atoms with Crippen molar-refractivity contribution in [2.75, 3.05) is 5.32 Å². The van der Waals surface area contributed by atoms with Crippen molar-refractivity contribution in [1.82, 2.24) is 15.6 Å². The Hall–Kier alpha value is -2.89. The largest absolute Gasteiger partial charge is 0.352 e. The van der Waals surface area contributed by atoms with Crippen LogP contribution in [0.1, 0.15) is 18.1 Å². The number of carbonyl (C=O) groups is 2. The molecular weight excluding hydrogens is 280 g/mol. The summed E-state index contributed by atoms with van der Waals surface area (Å²) >= 11 is 0. The summed E-state index contributed by atoms with van der Waals surface area (Å²) in [4.78, 5) is 26.6. The summed E-state index contributed by atoms with van der Waals surface area (Å²) in [5.74, 6) is -0.0722. The normalized spacial score (nSPS) is 9.86. The Balaban J connectivity index is 1.80. The first-order valence-corrected chi connectivity index (χ1v) is 6.90. The minimum Gasteiger partial charge on any atom is -0.352 e. The smallest absolute Gasteiger partial charge is 0.319 e. The molecule has 0 aliphatic carbocycles. The van der Waals surface area contributed by atoms with Gasteiger partial charge in [0.1, 0.15) is 0 Å². The van der Waals surface area contributed by atoms with Crippen molar-refractivity contribution in [2.24, 2.45) is 0 Å². The molecule has 0 aliphatic heterocycles. The van der Waals surface area contributed by atoms with Crippen LogP contribution in [0.4, 0.5) is 10.5 Å². The predicted molar refractivity (Wildman–Crippen MR) is 84.1 cm³/mol. The first-order valence-electron chi connectivity index (χ1n) is 6.90. The molecule has 0 radical (unpaired) electrons. The number of rotatable bonds is 5. The number of amides is 3. The van der Waals surface area contributed by atoms with Gasteiger partial charge in [-0.1, -0.05) is 18.2 Å². The van der Waals surface area contributed by atoms with Crippen LogP contribution in [-0.4, -0.2) is 16.9 Å². The van der Waals surface area contributed by atoms with Gasteiger partial charge in [0.05, 0.1) is 0 Å². The minimum atomic E-state index is -0.279. The van der Waals surface area contributed by atoms with Crippen molar-refractivity contribution < 1.29 is 9.59 Å². The SMILES string of the molecule is CC(=O)NCc1ccc(NC(=O)NCc2cccnc2)cc1. The van der Waals surface area contributed by atoms with Gasteiger partial charge in [-0.3, -0.25) is 9.78 Å². The molecule has 0 aliphatic rings. The van der Waals surface area contributed by atoms with E-state index in [4.69, 9.17) is 0 Å². The molecule has 2 rings (SSSR count). The quantitative estimate of drug-likeness (QED) is 0.790. The number of pyridine rings is 1. The van der Waals surface area contributed by atoms with Gasteiger partial charge in [-0.15, -0.1) is 0 Å². The summed E-state index contributed by atoms with van der Waals surface area (Å²) in [7, 11) is 0. The molecule has 114 valence electrons. The summed E-state index contributed by atoms with van der Waals surface area (Å²) in [5.41, 5.74) is 2.59. The minimum absolute atomic E-state index is 0.0722. The molecule has 1 aromatic carbocycles. The Morgan fingerprint density at radius 1 is 1.00 bits per heavy atom.